The zero-order chi connectivity index (χ0) is 9.84. The highest BCUT2D eigenvalue weighted by molar-refractivity contribution is 7.99. The van der Waals surface area contributed by atoms with Gasteiger partial charge in [0.05, 0.1) is 11.4 Å². The smallest absolute Gasteiger partial charge is 0.223 e. The minimum atomic E-state index is 0.269. The fourth-order valence-corrected chi connectivity index (χ4v) is 1.94. The van der Waals surface area contributed by atoms with Crippen molar-refractivity contribution >= 4 is 29.1 Å². The Labute approximate surface area is 87.1 Å². The summed E-state index contributed by atoms with van der Waals surface area (Å²) < 4.78 is 0. The summed E-state index contributed by atoms with van der Waals surface area (Å²) in [5.41, 5.74) is 7.18. The van der Waals surface area contributed by atoms with Gasteiger partial charge in [-0.15, -0.1) is 11.8 Å². The van der Waals surface area contributed by atoms with E-state index in [4.69, 9.17) is 17.3 Å². The van der Waals surface area contributed by atoms with Crippen LogP contribution >= 0.6 is 23.4 Å². The summed E-state index contributed by atoms with van der Waals surface area (Å²) in [6.07, 6.45) is 1.09. The lowest BCUT2D eigenvalue weighted by atomic mass is 10.4. The normalized spacial score (nSPS) is 10.4. The molecule has 0 saturated heterocycles. The molecule has 0 unspecified atom stereocenters. The third-order valence-corrected chi connectivity index (χ3v) is 2.88. The van der Waals surface area contributed by atoms with Crippen LogP contribution in [0, 0.1) is 6.92 Å². The third kappa shape index (κ3) is 2.74. The predicted molar refractivity (Wildman–Crippen MR) is 57.2 cm³/mol. The second-order valence-electron chi connectivity index (χ2n) is 2.65. The number of nitrogens with two attached hydrogens (primary N) is 1. The molecule has 1 rings (SSSR count). The van der Waals surface area contributed by atoms with Crippen LogP contribution in [-0.4, -0.2) is 15.7 Å². The Kier molecular flexibility index (Phi) is 3.81. The highest BCUT2D eigenvalue weighted by atomic mass is 35.5. The monoisotopic (exact) mass is 217 g/mol. The highest BCUT2D eigenvalue weighted by Gasteiger charge is 2.07. The minimum absolute atomic E-state index is 0.269. The maximum absolute atomic E-state index is 5.79. The molecule has 0 aromatic carbocycles. The zero-order valence-electron chi connectivity index (χ0n) is 7.67. The summed E-state index contributed by atoms with van der Waals surface area (Å²) in [6.45, 7) is 3.94. The molecule has 0 bridgehead atoms. The van der Waals surface area contributed by atoms with Gasteiger partial charge in [0.15, 0.2) is 0 Å². The molecule has 1 aromatic rings. The van der Waals surface area contributed by atoms with E-state index in [0.717, 1.165) is 22.9 Å². The first-order chi connectivity index (χ1) is 6.15. The maximum atomic E-state index is 5.79. The lowest BCUT2D eigenvalue weighted by Gasteiger charge is -2.05. The summed E-state index contributed by atoms with van der Waals surface area (Å²) in [7, 11) is 0. The van der Waals surface area contributed by atoms with Gasteiger partial charge >= 0.3 is 0 Å². The number of nitrogen functional groups attached to an aromatic ring is 1. The molecule has 5 heteroatoms. The van der Waals surface area contributed by atoms with E-state index in [2.05, 4.69) is 16.9 Å². The van der Waals surface area contributed by atoms with Crippen LogP contribution in [0.15, 0.2) is 5.03 Å². The zero-order valence-corrected chi connectivity index (χ0v) is 9.24. The number of nitrogens with zero attached hydrogens (tertiary/aromatic N) is 2. The van der Waals surface area contributed by atoms with Gasteiger partial charge in [-0.2, -0.15) is 0 Å². The van der Waals surface area contributed by atoms with Crippen LogP contribution in [0.4, 0.5) is 5.69 Å². The lowest BCUT2D eigenvalue weighted by Crippen LogP contribution is -1.99. The first kappa shape index (κ1) is 10.6. The van der Waals surface area contributed by atoms with Crippen molar-refractivity contribution in [2.24, 2.45) is 0 Å². The van der Waals surface area contributed by atoms with Gasteiger partial charge < -0.3 is 5.73 Å². The van der Waals surface area contributed by atoms with Crippen molar-refractivity contribution in [3.63, 3.8) is 0 Å². The number of anilines is 1. The number of hydrogen-bond acceptors (Lipinski definition) is 4. The SMILES string of the molecule is CCCSc1nc(Cl)nc(C)c1N. The number of thioether (sulfide) groups is 1. The molecule has 1 heterocycles. The van der Waals surface area contributed by atoms with Crippen LogP contribution < -0.4 is 5.73 Å². The molecule has 0 radical (unpaired) electrons. The number of rotatable bonds is 3. The molecule has 0 atom stereocenters. The molecule has 0 saturated carbocycles. The van der Waals surface area contributed by atoms with Crippen LogP contribution in [0.3, 0.4) is 0 Å². The fourth-order valence-electron chi connectivity index (χ4n) is 0.831. The van der Waals surface area contributed by atoms with Crippen molar-refractivity contribution in [3.8, 4) is 0 Å². The summed E-state index contributed by atoms with van der Waals surface area (Å²) in [5, 5.41) is 1.06. The fraction of sp³-hybridized carbons (Fsp3) is 0.500. The van der Waals surface area contributed by atoms with Gasteiger partial charge in [-0.1, -0.05) is 6.92 Å². The van der Waals surface area contributed by atoms with Gasteiger partial charge in [-0.05, 0) is 30.7 Å². The summed E-state index contributed by atoms with van der Waals surface area (Å²) in [6, 6.07) is 0. The Bertz CT molecular complexity index is 304. The van der Waals surface area contributed by atoms with E-state index < -0.39 is 0 Å². The van der Waals surface area contributed by atoms with E-state index in [9.17, 15) is 0 Å². The highest BCUT2D eigenvalue weighted by Crippen LogP contribution is 2.26. The molecule has 2 N–H and O–H groups in total. The molecule has 0 fully saturated rings. The molecule has 0 aliphatic rings. The molecule has 0 aliphatic carbocycles. The van der Waals surface area contributed by atoms with Crippen LogP contribution in [0.25, 0.3) is 0 Å². The first-order valence-electron chi connectivity index (χ1n) is 4.07. The summed E-state index contributed by atoms with van der Waals surface area (Å²) >= 11 is 7.32. The summed E-state index contributed by atoms with van der Waals surface area (Å²) in [5.74, 6) is 0.997. The van der Waals surface area contributed by atoms with E-state index >= 15 is 0 Å². The number of aromatic nitrogens is 2. The Balaban J connectivity index is 2.92. The van der Waals surface area contributed by atoms with Crippen LogP contribution in [0.2, 0.25) is 5.28 Å². The molecule has 3 nitrogen and oxygen atoms in total. The summed E-state index contributed by atoms with van der Waals surface area (Å²) in [4.78, 5) is 8.02. The standard InChI is InChI=1S/C8H12ClN3S/c1-3-4-13-7-6(10)5(2)11-8(9)12-7/h3-4,10H2,1-2H3. The molecule has 13 heavy (non-hydrogen) atoms. The van der Waals surface area contributed by atoms with Crippen molar-refractivity contribution in [2.75, 3.05) is 11.5 Å². The van der Waals surface area contributed by atoms with E-state index in [-0.39, 0.29) is 5.28 Å². The van der Waals surface area contributed by atoms with Crippen molar-refractivity contribution in [1.29, 1.82) is 0 Å². The predicted octanol–water partition coefficient (Wildman–Crippen LogP) is 2.52. The van der Waals surface area contributed by atoms with Crippen LogP contribution in [0.1, 0.15) is 19.0 Å². The van der Waals surface area contributed by atoms with Crippen molar-refractivity contribution in [2.45, 2.75) is 25.3 Å². The van der Waals surface area contributed by atoms with Gasteiger partial charge in [-0.3, -0.25) is 0 Å². The minimum Gasteiger partial charge on any atom is -0.395 e. The molecule has 0 amide bonds. The quantitative estimate of drug-likeness (QED) is 0.480. The largest absolute Gasteiger partial charge is 0.395 e. The Hall–Kier alpha value is -0.480. The van der Waals surface area contributed by atoms with E-state index in [1.165, 1.54) is 0 Å². The van der Waals surface area contributed by atoms with E-state index in [1.54, 1.807) is 11.8 Å². The van der Waals surface area contributed by atoms with Gasteiger partial charge in [0.25, 0.3) is 0 Å². The Morgan fingerprint density at radius 1 is 1.46 bits per heavy atom. The van der Waals surface area contributed by atoms with Crippen molar-refractivity contribution < 1.29 is 0 Å². The Morgan fingerprint density at radius 3 is 2.77 bits per heavy atom. The lowest BCUT2D eigenvalue weighted by molar-refractivity contribution is 1.01. The number of hydrogen-bond donors (Lipinski definition) is 1. The molecule has 1 aromatic heterocycles. The third-order valence-electron chi connectivity index (χ3n) is 1.52. The van der Waals surface area contributed by atoms with Gasteiger partial charge in [0.2, 0.25) is 5.28 Å². The van der Waals surface area contributed by atoms with Gasteiger partial charge in [0.1, 0.15) is 5.03 Å². The number of aryl methyl sites for hydroxylation is 1. The topological polar surface area (TPSA) is 51.8 Å². The average Bonchev–Trinajstić information content (AvgIpc) is 2.09. The van der Waals surface area contributed by atoms with Gasteiger partial charge in [-0.25, -0.2) is 9.97 Å². The van der Waals surface area contributed by atoms with E-state index in [1.807, 2.05) is 6.92 Å². The molecule has 0 spiro atoms. The number of halogens is 1. The first-order valence-corrected chi connectivity index (χ1v) is 5.44. The van der Waals surface area contributed by atoms with Crippen LogP contribution in [-0.2, 0) is 0 Å². The average molecular weight is 218 g/mol. The second kappa shape index (κ2) is 4.67. The second-order valence-corrected chi connectivity index (χ2v) is 4.07. The van der Waals surface area contributed by atoms with Gasteiger partial charge in [0, 0.05) is 0 Å². The van der Waals surface area contributed by atoms with Crippen LogP contribution in [0.5, 0.6) is 0 Å². The van der Waals surface area contributed by atoms with E-state index in [0.29, 0.717) is 5.69 Å². The van der Waals surface area contributed by atoms with Crippen molar-refractivity contribution in [3.05, 3.63) is 11.0 Å². The molecule has 72 valence electrons. The molecule has 0 aliphatic heterocycles. The Morgan fingerprint density at radius 2 is 2.15 bits per heavy atom. The maximum Gasteiger partial charge on any atom is 0.223 e. The molecular weight excluding hydrogens is 206 g/mol. The van der Waals surface area contributed by atoms with Crippen molar-refractivity contribution in [1.82, 2.24) is 9.97 Å². The molecular formula is C8H12ClN3S.